The maximum Gasteiger partial charge on any atom is 0.239 e. The lowest BCUT2D eigenvalue weighted by molar-refractivity contribution is -0.120. The van der Waals surface area contributed by atoms with E-state index in [0.29, 0.717) is 18.5 Å². The van der Waals surface area contributed by atoms with Crippen LogP contribution in [-0.4, -0.2) is 38.6 Å². The molecule has 1 aliphatic carbocycles. The van der Waals surface area contributed by atoms with Crippen molar-refractivity contribution in [1.29, 1.82) is 0 Å². The third kappa shape index (κ3) is 7.12. The van der Waals surface area contributed by atoms with Crippen LogP contribution in [0.1, 0.15) is 45.1 Å². The van der Waals surface area contributed by atoms with Gasteiger partial charge in [0.25, 0.3) is 0 Å². The summed E-state index contributed by atoms with van der Waals surface area (Å²) < 4.78 is 5.13. The average Bonchev–Trinajstić information content (AvgIpc) is 2.70. The van der Waals surface area contributed by atoms with E-state index in [0.717, 1.165) is 36.0 Å². The van der Waals surface area contributed by atoms with E-state index in [9.17, 15) is 4.79 Å². The molecule has 6 heteroatoms. The number of nitrogens with zero attached hydrogens (tertiary/aromatic N) is 1. The van der Waals surface area contributed by atoms with Crippen LogP contribution in [0.2, 0.25) is 0 Å². The number of guanidine groups is 1. The molecular formula is C21H34N4O2. The summed E-state index contributed by atoms with van der Waals surface area (Å²) in [6.45, 7) is 5.32. The van der Waals surface area contributed by atoms with Gasteiger partial charge in [-0.3, -0.25) is 9.79 Å². The second-order valence-corrected chi connectivity index (χ2v) is 7.55. The Morgan fingerprint density at radius 1 is 1.15 bits per heavy atom. The predicted molar refractivity (Wildman–Crippen MR) is 110 cm³/mol. The molecule has 1 aromatic rings. The first-order chi connectivity index (χ1) is 13.0. The van der Waals surface area contributed by atoms with Gasteiger partial charge in [0.2, 0.25) is 5.91 Å². The summed E-state index contributed by atoms with van der Waals surface area (Å²) in [5, 5.41) is 9.48. The van der Waals surface area contributed by atoms with Gasteiger partial charge in [-0.15, -0.1) is 0 Å². The summed E-state index contributed by atoms with van der Waals surface area (Å²) in [7, 11) is 3.38. The molecule has 1 saturated carbocycles. The van der Waals surface area contributed by atoms with Crippen LogP contribution >= 0.6 is 0 Å². The Hall–Kier alpha value is -2.24. The van der Waals surface area contributed by atoms with Crippen molar-refractivity contribution in [3.05, 3.63) is 29.8 Å². The van der Waals surface area contributed by atoms with Crippen molar-refractivity contribution < 1.29 is 9.53 Å². The topological polar surface area (TPSA) is 74.8 Å². The van der Waals surface area contributed by atoms with Crippen LogP contribution in [-0.2, 0) is 11.3 Å². The highest BCUT2D eigenvalue weighted by Crippen LogP contribution is 2.29. The fraction of sp³-hybridized carbons (Fsp3) is 0.619. The van der Waals surface area contributed by atoms with Crippen molar-refractivity contribution in [2.45, 2.75) is 52.1 Å². The van der Waals surface area contributed by atoms with Crippen LogP contribution in [0.4, 0.5) is 0 Å². The molecule has 1 fully saturated rings. The number of benzene rings is 1. The Bertz CT molecular complexity index is 605. The Kier molecular flexibility index (Phi) is 8.43. The molecule has 0 saturated heterocycles. The number of nitrogens with one attached hydrogen (secondary N) is 3. The van der Waals surface area contributed by atoms with Gasteiger partial charge in [-0.1, -0.05) is 26.0 Å². The third-order valence-corrected chi connectivity index (χ3v) is 5.34. The number of hydrogen-bond acceptors (Lipinski definition) is 3. The summed E-state index contributed by atoms with van der Waals surface area (Å²) in [4.78, 5) is 16.3. The molecule has 0 heterocycles. The highest BCUT2D eigenvalue weighted by Gasteiger charge is 2.23. The highest BCUT2D eigenvalue weighted by atomic mass is 16.5. The summed E-state index contributed by atoms with van der Waals surface area (Å²) in [5.41, 5.74) is 1.04. The van der Waals surface area contributed by atoms with Gasteiger partial charge < -0.3 is 20.7 Å². The van der Waals surface area contributed by atoms with Crippen molar-refractivity contribution in [1.82, 2.24) is 16.0 Å². The molecule has 0 bridgehead atoms. The minimum atomic E-state index is -0.0581. The lowest BCUT2D eigenvalue weighted by Crippen LogP contribution is -2.47. The van der Waals surface area contributed by atoms with E-state index >= 15 is 0 Å². The Balaban J connectivity index is 1.68. The molecule has 1 aliphatic rings. The number of carbonyl (C=O) groups is 1. The molecule has 6 nitrogen and oxygen atoms in total. The molecule has 0 radical (unpaired) electrons. The van der Waals surface area contributed by atoms with Gasteiger partial charge in [0.1, 0.15) is 5.75 Å². The molecular weight excluding hydrogens is 340 g/mol. The van der Waals surface area contributed by atoms with E-state index in [1.54, 1.807) is 14.2 Å². The van der Waals surface area contributed by atoms with Crippen molar-refractivity contribution in [2.75, 3.05) is 20.7 Å². The quantitative estimate of drug-likeness (QED) is 0.507. The maximum atomic E-state index is 12.1. The molecule has 0 spiro atoms. The minimum Gasteiger partial charge on any atom is -0.497 e. The van der Waals surface area contributed by atoms with Crippen LogP contribution in [0.25, 0.3) is 0 Å². The summed E-state index contributed by atoms with van der Waals surface area (Å²) in [6.07, 6.45) is 4.84. The van der Waals surface area contributed by atoms with Gasteiger partial charge in [0.15, 0.2) is 5.96 Å². The molecule has 1 aromatic carbocycles. The second kappa shape index (κ2) is 10.8. The fourth-order valence-electron chi connectivity index (χ4n) is 3.49. The van der Waals surface area contributed by atoms with Crippen LogP contribution in [0.3, 0.4) is 0 Å². The fourth-order valence-corrected chi connectivity index (χ4v) is 3.49. The van der Waals surface area contributed by atoms with Gasteiger partial charge in [0, 0.05) is 19.6 Å². The molecule has 3 N–H and O–H groups in total. The molecule has 150 valence electrons. The van der Waals surface area contributed by atoms with E-state index in [2.05, 4.69) is 34.8 Å². The number of hydrogen-bond donors (Lipinski definition) is 3. The van der Waals surface area contributed by atoms with Gasteiger partial charge in [-0.05, 0) is 55.2 Å². The number of ether oxygens (including phenoxy) is 1. The van der Waals surface area contributed by atoms with Crippen molar-refractivity contribution in [2.24, 2.45) is 16.8 Å². The summed E-state index contributed by atoms with van der Waals surface area (Å²) in [5.74, 6) is 3.04. The van der Waals surface area contributed by atoms with Crippen LogP contribution in [0.5, 0.6) is 5.75 Å². The van der Waals surface area contributed by atoms with Crippen LogP contribution in [0, 0.1) is 11.8 Å². The smallest absolute Gasteiger partial charge is 0.239 e. The SMILES string of the molecule is CN=C(NCC(=O)NCc1ccc(OC)cc1)NC1CCC(C(C)C)CC1. The molecule has 0 aromatic heterocycles. The highest BCUT2D eigenvalue weighted by molar-refractivity contribution is 5.86. The molecule has 2 rings (SSSR count). The van der Waals surface area contributed by atoms with E-state index in [1.165, 1.54) is 12.8 Å². The van der Waals surface area contributed by atoms with Crippen LogP contribution in [0.15, 0.2) is 29.3 Å². The number of rotatable bonds is 7. The standard InChI is InChI=1S/C21H34N4O2/c1-15(2)17-7-9-18(10-8-17)25-21(22-3)24-14-20(26)23-13-16-5-11-19(27-4)12-6-16/h5-6,11-12,15,17-18H,7-10,13-14H2,1-4H3,(H,23,26)(H2,22,24,25). The van der Waals surface area contributed by atoms with Gasteiger partial charge in [-0.2, -0.15) is 0 Å². The largest absolute Gasteiger partial charge is 0.497 e. The maximum absolute atomic E-state index is 12.1. The molecule has 0 unspecified atom stereocenters. The lowest BCUT2D eigenvalue weighted by Gasteiger charge is -2.32. The van der Waals surface area contributed by atoms with Gasteiger partial charge in [0.05, 0.1) is 13.7 Å². The predicted octanol–water partition coefficient (Wildman–Crippen LogP) is 2.69. The number of aliphatic imine (C=N–C) groups is 1. The Morgan fingerprint density at radius 3 is 2.37 bits per heavy atom. The Labute approximate surface area is 163 Å². The van der Waals surface area contributed by atoms with Gasteiger partial charge >= 0.3 is 0 Å². The minimum absolute atomic E-state index is 0.0581. The number of amides is 1. The second-order valence-electron chi connectivity index (χ2n) is 7.55. The van der Waals surface area contributed by atoms with E-state index in [1.807, 2.05) is 24.3 Å². The molecule has 1 amide bonds. The number of methoxy groups -OCH3 is 1. The van der Waals surface area contributed by atoms with Crippen molar-refractivity contribution >= 4 is 11.9 Å². The number of carbonyl (C=O) groups excluding carboxylic acids is 1. The average molecular weight is 375 g/mol. The summed E-state index contributed by atoms with van der Waals surface area (Å²) in [6, 6.07) is 8.11. The molecule has 0 atom stereocenters. The Morgan fingerprint density at radius 2 is 1.81 bits per heavy atom. The van der Waals surface area contributed by atoms with E-state index in [4.69, 9.17) is 4.74 Å². The summed E-state index contributed by atoms with van der Waals surface area (Å²) >= 11 is 0. The van der Waals surface area contributed by atoms with E-state index in [-0.39, 0.29) is 12.5 Å². The first-order valence-corrected chi connectivity index (χ1v) is 9.88. The van der Waals surface area contributed by atoms with Crippen LogP contribution < -0.4 is 20.7 Å². The first kappa shape index (κ1) is 21.1. The van der Waals surface area contributed by atoms with Crippen molar-refractivity contribution in [3.8, 4) is 5.75 Å². The monoisotopic (exact) mass is 374 g/mol. The normalized spacial score (nSPS) is 20.3. The van der Waals surface area contributed by atoms with Gasteiger partial charge in [-0.25, -0.2) is 0 Å². The molecule has 27 heavy (non-hydrogen) atoms. The zero-order chi connectivity index (χ0) is 19.6. The molecule has 0 aliphatic heterocycles. The van der Waals surface area contributed by atoms with Crippen molar-refractivity contribution in [3.63, 3.8) is 0 Å². The zero-order valence-corrected chi connectivity index (χ0v) is 17.0. The zero-order valence-electron chi connectivity index (χ0n) is 17.0. The first-order valence-electron chi connectivity index (χ1n) is 9.88. The van der Waals surface area contributed by atoms with E-state index < -0.39 is 0 Å². The lowest BCUT2D eigenvalue weighted by atomic mass is 9.80. The third-order valence-electron chi connectivity index (χ3n) is 5.34.